The van der Waals surface area contributed by atoms with Crippen LogP contribution in [0.5, 0.6) is 0 Å². The van der Waals surface area contributed by atoms with Gasteiger partial charge in [-0.2, -0.15) is 0 Å². The van der Waals surface area contributed by atoms with E-state index in [1.54, 1.807) is 59.4 Å². The van der Waals surface area contributed by atoms with Gasteiger partial charge in [-0.05, 0) is 36.6 Å². The van der Waals surface area contributed by atoms with Crippen molar-refractivity contribution in [3.63, 3.8) is 0 Å². The van der Waals surface area contributed by atoms with Crippen LogP contribution in [0.4, 0.5) is 4.39 Å². The number of pyridine rings is 2. The molecule has 0 fully saturated rings. The van der Waals surface area contributed by atoms with Crippen molar-refractivity contribution in [3.8, 4) is 0 Å². The van der Waals surface area contributed by atoms with Crippen LogP contribution in [0.15, 0.2) is 64.9 Å². The number of aryl methyl sites for hydroxylation is 1. The molecule has 4 aromatic rings. The lowest BCUT2D eigenvalue weighted by atomic mass is 10.1. The van der Waals surface area contributed by atoms with E-state index < -0.39 is 5.91 Å². The maximum absolute atomic E-state index is 13.8. The molecule has 0 unspecified atom stereocenters. The molecular weight excluding hydrogens is 389 g/mol. The first-order valence-corrected chi connectivity index (χ1v) is 9.95. The number of aromatic nitrogens is 2. The lowest BCUT2D eigenvalue weighted by molar-refractivity contribution is 0.0949. The van der Waals surface area contributed by atoms with Crippen LogP contribution in [-0.4, -0.2) is 15.5 Å². The third-order valence-electron chi connectivity index (χ3n) is 4.69. The zero-order valence-electron chi connectivity index (χ0n) is 15.7. The third kappa shape index (κ3) is 3.95. The molecule has 0 bridgehead atoms. The van der Waals surface area contributed by atoms with Crippen molar-refractivity contribution in [3.05, 3.63) is 98.0 Å². The van der Waals surface area contributed by atoms with Crippen LogP contribution in [0.1, 0.15) is 26.5 Å². The number of halogens is 1. The van der Waals surface area contributed by atoms with E-state index in [9.17, 15) is 14.0 Å². The Morgan fingerprint density at radius 1 is 1.21 bits per heavy atom. The molecule has 1 N–H and O–H groups in total. The molecule has 0 saturated carbocycles. The monoisotopic (exact) mass is 407 g/mol. The van der Waals surface area contributed by atoms with Crippen molar-refractivity contribution >= 4 is 28.1 Å². The summed E-state index contributed by atoms with van der Waals surface area (Å²) in [6.45, 7) is 2.24. The van der Waals surface area contributed by atoms with Crippen LogP contribution < -0.4 is 10.9 Å². The molecule has 0 radical (unpaired) electrons. The minimum Gasteiger partial charge on any atom is -0.348 e. The van der Waals surface area contributed by atoms with Gasteiger partial charge in [0.25, 0.3) is 11.5 Å². The zero-order valence-corrected chi connectivity index (χ0v) is 16.5. The lowest BCUT2D eigenvalue weighted by Crippen LogP contribution is -2.25. The Morgan fingerprint density at radius 2 is 2.03 bits per heavy atom. The maximum Gasteiger partial charge on any atom is 0.260 e. The number of carbonyl (C=O) groups excluding carboxylic acids is 1. The van der Waals surface area contributed by atoms with Crippen molar-refractivity contribution < 1.29 is 9.18 Å². The first-order valence-electron chi connectivity index (χ1n) is 9.08. The summed E-state index contributed by atoms with van der Waals surface area (Å²) in [6, 6.07) is 13.5. The molecule has 5 nitrogen and oxygen atoms in total. The van der Waals surface area contributed by atoms with Crippen LogP contribution in [-0.2, 0) is 13.1 Å². The number of nitrogens with one attached hydrogen (secondary N) is 1. The van der Waals surface area contributed by atoms with Gasteiger partial charge >= 0.3 is 0 Å². The third-order valence-corrected chi connectivity index (χ3v) is 5.56. The predicted octanol–water partition coefficient (Wildman–Crippen LogP) is 3.88. The topological polar surface area (TPSA) is 64.0 Å². The van der Waals surface area contributed by atoms with Crippen molar-refractivity contribution in [2.75, 3.05) is 0 Å². The summed E-state index contributed by atoms with van der Waals surface area (Å²) in [5, 5.41) is 5.05. The summed E-state index contributed by atoms with van der Waals surface area (Å²) >= 11 is 1.58. The molecule has 29 heavy (non-hydrogen) atoms. The van der Waals surface area contributed by atoms with E-state index in [0.717, 1.165) is 4.88 Å². The first kappa shape index (κ1) is 19.0. The summed E-state index contributed by atoms with van der Waals surface area (Å²) in [7, 11) is 0. The molecule has 0 aliphatic carbocycles. The fourth-order valence-corrected chi connectivity index (χ4v) is 3.85. The van der Waals surface area contributed by atoms with Crippen molar-refractivity contribution in [1.82, 2.24) is 14.9 Å². The standard InChI is InChI=1S/C22H18FN3O2S/c1-14-17(21(27)24-12-15-5-2-3-7-19(15)23)11-18-20(25-14)8-9-26(22(18)28)13-16-6-4-10-29-16/h2-11H,12-13H2,1H3,(H,24,27). The van der Waals surface area contributed by atoms with Gasteiger partial charge in [-0.3, -0.25) is 14.6 Å². The van der Waals surface area contributed by atoms with Gasteiger partial charge in [0.05, 0.1) is 28.7 Å². The fraction of sp³-hybridized carbons (Fsp3) is 0.136. The Balaban J connectivity index is 1.64. The molecule has 3 heterocycles. The predicted molar refractivity (Wildman–Crippen MR) is 112 cm³/mol. The Kier molecular flexibility index (Phi) is 5.22. The molecule has 0 saturated heterocycles. The Morgan fingerprint density at radius 3 is 2.79 bits per heavy atom. The molecule has 4 rings (SSSR count). The number of fused-ring (bicyclic) bond motifs is 1. The number of nitrogens with zero attached hydrogens (tertiary/aromatic N) is 2. The Bertz CT molecular complexity index is 1250. The Hall–Kier alpha value is -3.32. The second kappa shape index (κ2) is 7.97. The molecule has 3 aromatic heterocycles. The molecule has 0 aliphatic heterocycles. The molecule has 0 aliphatic rings. The fourth-order valence-electron chi connectivity index (χ4n) is 3.14. The highest BCUT2D eigenvalue weighted by Gasteiger charge is 2.15. The van der Waals surface area contributed by atoms with E-state index >= 15 is 0 Å². The van der Waals surface area contributed by atoms with Crippen LogP contribution >= 0.6 is 11.3 Å². The second-order valence-electron chi connectivity index (χ2n) is 6.66. The highest BCUT2D eigenvalue weighted by atomic mass is 32.1. The van der Waals surface area contributed by atoms with E-state index in [2.05, 4.69) is 10.3 Å². The van der Waals surface area contributed by atoms with E-state index in [4.69, 9.17) is 0 Å². The number of hydrogen-bond donors (Lipinski definition) is 1. The molecule has 1 amide bonds. The lowest BCUT2D eigenvalue weighted by Gasteiger charge is -2.11. The van der Waals surface area contributed by atoms with Gasteiger partial charge in [-0.25, -0.2) is 4.39 Å². The number of amides is 1. The molecule has 7 heteroatoms. The van der Waals surface area contributed by atoms with E-state index in [-0.39, 0.29) is 17.9 Å². The van der Waals surface area contributed by atoms with Crippen molar-refractivity contribution in [2.24, 2.45) is 0 Å². The number of benzene rings is 1. The highest BCUT2D eigenvalue weighted by Crippen LogP contribution is 2.16. The number of carbonyl (C=O) groups is 1. The number of rotatable bonds is 5. The van der Waals surface area contributed by atoms with Crippen molar-refractivity contribution in [1.29, 1.82) is 0 Å². The number of hydrogen-bond acceptors (Lipinski definition) is 4. The van der Waals surface area contributed by atoms with Gasteiger partial charge in [0, 0.05) is 23.2 Å². The van der Waals surface area contributed by atoms with Crippen LogP contribution in [0.3, 0.4) is 0 Å². The molecule has 0 spiro atoms. The maximum atomic E-state index is 13.8. The van der Waals surface area contributed by atoms with Gasteiger partial charge in [-0.1, -0.05) is 24.3 Å². The van der Waals surface area contributed by atoms with Crippen molar-refractivity contribution in [2.45, 2.75) is 20.0 Å². The second-order valence-corrected chi connectivity index (χ2v) is 7.69. The normalized spacial score (nSPS) is 11.0. The quantitative estimate of drug-likeness (QED) is 0.546. The number of thiophene rings is 1. The van der Waals surface area contributed by atoms with Crippen LogP contribution in [0.25, 0.3) is 10.9 Å². The minimum atomic E-state index is -0.395. The summed E-state index contributed by atoms with van der Waals surface area (Å²) < 4.78 is 15.4. The summed E-state index contributed by atoms with van der Waals surface area (Å²) in [5.74, 6) is -0.772. The van der Waals surface area contributed by atoms with Gasteiger partial charge in [-0.15, -0.1) is 11.3 Å². The van der Waals surface area contributed by atoms with E-state index in [1.165, 1.54) is 6.07 Å². The van der Waals surface area contributed by atoms with Gasteiger partial charge in [0.2, 0.25) is 0 Å². The zero-order chi connectivity index (χ0) is 20.4. The van der Waals surface area contributed by atoms with E-state index in [1.807, 2.05) is 17.5 Å². The molecular formula is C22H18FN3O2S. The summed E-state index contributed by atoms with van der Waals surface area (Å²) in [5.41, 5.74) is 1.55. The van der Waals surface area contributed by atoms with Gasteiger partial charge in [0.15, 0.2) is 0 Å². The minimum absolute atomic E-state index is 0.0559. The first-order chi connectivity index (χ1) is 14.0. The molecule has 146 valence electrons. The van der Waals surface area contributed by atoms with Gasteiger partial charge in [0.1, 0.15) is 5.82 Å². The SMILES string of the molecule is Cc1nc2ccn(Cc3cccs3)c(=O)c2cc1C(=O)NCc1ccccc1F. The average molecular weight is 407 g/mol. The summed E-state index contributed by atoms with van der Waals surface area (Å²) in [6.07, 6.45) is 1.72. The summed E-state index contributed by atoms with van der Waals surface area (Å²) in [4.78, 5) is 31.1. The van der Waals surface area contributed by atoms with E-state index in [0.29, 0.717) is 34.3 Å². The van der Waals surface area contributed by atoms with Crippen LogP contribution in [0.2, 0.25) is 0 Å². The average Bonchev–Trinajstić information content (AvgIpc) is 3.22. The van der Waals surface area contributed by atoms with Crippen LogP contribution in [0, 0.1) is 12.7 Å². The van der Waals surface area contributed by atoms with Gasteiger partial charge < -0.3 is 9.88 Å². The molecule has 0 atom stereocenters. The highest BCUT2D eigenvalue weighted by molar-refractivity contribution is 7.09. The smallest absolute Gasteiger partial charge is 0.260 e. The largest absolute Gasteiger partial charge is 0.348 e. The molecule has 1 aromatic carbocycles. The Labute approximate surface area is 170 Å².